The second kappa shape index (κ2) is 22.7. The number of benzene rings is 2. The van der Waals surface area contributed by atoms with Crippen LogP contribution in [0.3, 0.4) is 0 Å². The number of hydrogen-bond donors (Lipinski definition) is 6. The topological polar surface area (TPSA) is 139 Å². The van der Waals surface area contributed by atoms with Crippen molar-refractivity contribution in [3.8, 4) is 0 Å². The van der Waals surface area contributed by atoms with Crippen LogP contribution in [0, 0.1) is 11.7 Å². The van der Waals surface area contributed by atoms with E-state index in [4.69, 9.17) is 16.1 Å². The molecule has 272 valence electrons. The van der Waals surface area contributed by atoms with E-state index in [-0.39, 0.29) is 11.9 Å². The van der Waals surface area contributed by atoms with Crippen molar-refractivity contribution in [2.45, 2.75) is 37.8 Å². The number of aldehydes is 2. The number of fused-ring (bicyclic) bond motifs is 1. The third-order valence-corrected chi connectivity index (χ3v) is 8.54. The molecule has 10 nitrogen and oxygen atoms in total. The average Bonchev–Trinajstić information content (AvgIpc) is 3.76. The monoisotopic (exact) mass is 733 g/mol. The van der Waals surface area contributed by atoms with Gasteiger partial charge in [0.25, 0.3) is 0 Å². The minimum atomic E-state index is -0.208. The summed E-state index contributed by atoms with van der Waals surface area (Å²) in [6, 6.07) is 17.0. The number of rotatable bonds is 12. The van der Waals surface area contributed by atoms with E-state index in [0.29, 0.717) is 36.1 Å². The zero-order chi connectivity index (χ0) is 37.0. The fourth-order valence-corrected chi connectivity index (χ4v) is 5.68. The molecule has 0 radical (unpaired) electrons. The maximum atomic E-state index is 14.0. The molecular weight excluding hydrogens is 684 g/mol. The molecule has 1 saturated heterocycles. The van der Waals surface area contributed by atoms with Crippen LogP contribution in [0.4, 0.5) is 15.8 Å². The van der Waals surface area contributed by atoms with E-state index in [9.17, 15) is 14.0 Å². The minimum absolute atomic E-state index is 0.176. The van der Waals surface area contributed by atoms with Gasteiger partial charge in [0.05, 0.1) is 0 Å². The zero-order valence-corrected chi connectivity index (χ0v) is 31.0. The second-order valence-corrected chi connectivity index (χ2v) is 12.1. The first-order valence-electron chi connectivity index (χ1n) is 16.8. The summed E-state index contributed by atoms with van der Waals surface area (Å²) in [7, 11) is 5.70. The quantitative estimate of drug-likeness (QED) is 0.0392. The Labute approximate surface area is 312 Å². The molecule has 1 aromatic heterocycles. The maximum absolute atomic E-state index is 14.0. The number of piperazine rings is 1. The SMILES string of the molecule is CN1CCN(c2ccc(C=O)cc2)CC1.CNCc1ccc(NC2=BOC3C2C3c2cccnc2)cc1F.N/C=C(N)\C=C/CCCC=O.SS. The van der Waals surface area contributed by atoms with E-state index < -0.39 is 0 Å². The summed E-state index contributed by atoms with van der Waals surface area (Å²) < 4.78 is 19.7. The molecule has 3 heterocycles. The molecule has 0 bridgehead atoms. The van der Waals surface area contributed by atoms with Gasteiger partial charge in [-0.2, -0.15) is 0 Å². The van der Waals surface area contributed by atoms with Crippen molar-refractivity contribution in [3.05, 3.63) is 114 Å². The van der Waals surface area contributed by atoms with Gasteiger partial charge in [-0.05, 0) is 50.2 Å². The number of nitrogens with two attached hydrogens (primary N) is 2. The van der Waals surface area contributed by atoms with Crippen LogP contribution in [0.25, 0.3) is 0 Å². The van der Waals surface area contributed by atoms with Crippen LogP contribution in [0.1, 0.15) is 46.7 Å². The number of unbranched alkanes of at least 4 members (excludes halogenated alkanes) is 2. The standard InChI is InChI=1S/C17H17BFN3O.C12H16N2O.C8H14N2O.H2S2/c1-20-8-10-4-5-12(7-13(10)19)22-17-15-14(16(15)23-18-17)11-3-2-6-21-9-11;1-13-6-8-14(9-7-13)12-4-2-11(10-15)3-5-12;9-7-8(10)5-3-1-2-4-6-11;1-2/h2-7,9,14-16,20,22H,8H2,1H3;2-5,10H,6-9H2,1H3;3,5-7H,1-2,4,9-10H2;1-2H/b;;5-3-,8-7+;. The van der Waals surface area contributed by atoms with E-state index >= 15 is 0 Å². The number of anilines is 2. The Morgan fingerprint density at radius 1 is 1.08 bits per heavy atom. The van der Waals surface area contributed by atoms with E-state index in [1.807, 2.05) is 48.7 Å². The number of thiol groups is 2. The second-order valence-electron chi connectivity index (χ2n) is 12.1. The van der Waals surface area contributed by atoms with Crippen molar-refractivity contribution < 1.29 is 18.6 Å². The van der Waals surface area contributed by atoms with Gasteiger partial charge in [-0.1, -0.05) is 6.08 Å². The number of likely N-dealkylation sites (N-methyl/N-ethyl adjacent to an activating group) is 1. The van der Waals surface area contributed by atoms with Crippen LogP contribution < -0.4 is 27.0 Å². The van der Waals surface area contributed by atoms with Crippen LogP contribution in [-0.4, -0.2) is 81.5 Å². The predicted octanol–water partition coefficient (Wildman–Crippen LogP) is 4.60. The van der Waals surface area contributed by atoms with Gasteiger partial charge in [-0.3, -0.25) is 4.79 Å². The van der Waals surface area contributed by atoms with E-state index in [0.717, 1.165) is 68.4 Å². The molecular formula is C37H49BFN7O3S2. The normalized spacial score (nSPS) is 18.9. The summed E-state index contributed by atoms with van der Waals surface area (Å²) in [6.45, 7) is 4.87. The van der Waals surface area contributed by atoms with Crippen molar-refractivity contribution in [1.29, 1.82) is 0 Å². The van der Waals surface area contributed by atoms with Gasteiger partial charge < -0.3 is 26.1 Å². The first kappa shape index (κ1) is 41.3. The summed E-state index contributed by atoms with van der Waals surface area (Å²) in [6.07, 6.45) is 13.0. The molecule has 51 heavy (non-hydrogen) atoms. The van der Waals surface area contributed by atoms with E-state index in [1.54, 1.807) is 32.5 Å². The Balaban J connectivity index is 0.000000218. The summed E-state index contributed by atoms with van der Waals surface area (Å²) >= 11 is 6.44. The fraction of sp³-hybridized carbons (Fsp3) is 0.351. The Morgan fingerprint density at radius 3 is 2.43 bits per heavy atom. The zero-order valence-electron chi connectivity index (χ0n) is 29.2. The van der Waals surface area contributed by atoms with Crippen molar-refractivity contribution in [2.75, 3.05) is 50.5 Å². The van der Waals surface area contributed by atoms with Crippen LogP contribution >= 0.6 is 23.3 Å². The molecule has 3 aromatic rings. The Bertz CT molecular complexity index is 1590. The van der Waals surface area contributed by atoms with Gasteiger partial charge in [0.1, 0.15) is 12.6 Å². The Hall–Kier alpha value is -4.11. The van der Waals surface area contributed by atoms with Crippen molar-refractivity contribution >= 4 is 60.0 Å². The maximum Gasteiger partial charge on any atom is 0.120 e. The molecule has 2 fully saturated rings. The van der Waals surface area contributed by atoms with Crippen LogP contribution in [0.2, 0.25) is 0 Å². The number of halogens is 1. The number of carbonyl (C=O) groups excluding carboxylic acids is 2. The van der Waals surface area contributed by atoms with Gasteiger partial charge >= 0.3 is 134 Å². The molecule has 1 saturated carbocycles. The number of pyridine rings is 1. The first-order chi connectivity index (χ1) is 24.9. The first-order valence-corrected chi connectivity index (χ1v) is 18.4. The Morgan fingerprint density at radius 2 is 1.82 bits per heavy atom. The number of allylic oxidation sites excluding steroid dienone is 2. The Kier molecular flexibility index (Phi) is 18.4. The number of carbonyl (C=O) groups is 2. The van der Waals surface area contributed by atoms with Gasteiger partial charge in [-0.25, -0.2) is 0 Å². The minimum Gasteiger partial charge on any atom is -0.403 e. The van der Waals surface area contributed by atoms with Gasteiger partial charge in [-0.15, -0.1) is 23.3 Å². The van der Waals surface area contributed by atoms with E-state index in [2.05, 4.69) is 61.9 Å². The smallest absolute Gasteiger partial charge is 0.120 e. The largest absolute Gasteiger partial charge is 0.403 e. The van der Waals surface area contributed by atoms with Crippen LogP contribution in [0.5, 0.6) is 0 Å². The number of nitrogens with one attached hydrogen (secondary N) is 2. The van der Waals surface area contributed by atoms with Crippen LogP contribution in [-0.2, 0) is 16.0 Å². The van der Waals surface area contributed by atoms with Gasteiger partial charge in [0.15, 0.2) is 0 Å². The van der Waals surface area contributed by atoms with Crippen LogP contribution in [0.15, 0.2) is 91.0 Å². The molecule has 6 N–H and O–H groups in total. The molecule has 14 heteroatoms. The van der Waals surface area contributed by atoms with Gasteiger partial charge in [0.2, 0.25) is 0 Å². The van der Waals surface area contributed by atoms with Gasteiger partial charge in [0, 0.05) is 55.7 Å². The average molecular weight is 734 g/mol. The number of hydrogen-bond acceptors (Lipinski definition) is 12. The third-order valence-electron chi connectivity index (χ3n) is 8.54. The van der Waals surface area contributed by atoms with Crippen molar-refractivity contribution in [1.82, 2.24) is 15.2 Å². The summed E-state index contributed by atoms with van der Waals surface area (Å²) in [4.78, 5) is 29.3. The van der Waals surface area contributed by atoms with Crippen molar-refractivity contribution in [3.63, 3.8) is 0 Å². The molecule has 0 spiro atoms. The number of nitrogens with zero attached hydrogens (tertiary/aromatic N) is 3. The van der Waals surface area contributed by atoms with Crippen molar-refractivity contribution in [2.24, 2.45) is 17.4 Å². The number of aromatic nitrogens is 1. The molecule has 0 amide bonds. The molecule has 3 atom stereocenters. The molecule has 3 unspecified atom stereocenters. The summed E-state index contributed by atoms with van der Waals surface area (Å²) in [5, 5.41) is 6.25. The van der Waals surface area contributed by atoms with E-state index in [1.165, 1.54) is 23.5 Å². The third kappa shape index (κ3) is 13.2. The molecule has 2 aromatic carbocycles. The summed E-state index contributed by atoms with van der Waals surface area (Å²) in [5.74, 6) is 0.434. The predicted molar refractivity (Wildman–Crippen MR) is 214 cm³/mol. The molecule has 3 aliphatic rings. The fourth-order valence-electron chi connectivity index (χ4n) is 5.68. The molecule has 6 rings (SSSR count). The molecule has 2 aliphatic heterocycles. The summed E-state index contributed by atoms with van der Waals surface area (Å²) in [5.41, 5.74) is 16.6. The molecule has 1 aliphatic carbocycles.